The fourth-order valence-electron chi connectivity index (χ4n) is 3.83. The maximum Gasteiger partial charge on any atom is 0.411 e. The predicted molar refractivity (Wildman–Crippen MR) is 106 cm³/mol. The molecule has 4 rings (SSSR count). The Morgan fingerprint density at radius 1 is 1.19 bits per heavy atom. The first-order chi connectivity index (χ1) is 13.1. The molecule has 0 N–H and O–H groups in total. The van der Waals surface area contributed by atoms with Gasteiger partial charge in [-0.2, -0.15) is 0 Å². The topological polar surface area (TPSA) is 38.8 Å². The molecular weight excluding hydrogens is 362 g/mol. The van der Waals surface area contributed by atoms with E-state index in [2.05, 4.69) is 12.1 Å². The summed E-state index contributed by atoms with van der Waals surface area (Å²) in [6.07, 6.45) is 2.58. The van der Waals surface area contributed by atoms with Gasteiger partial charge in [-0.3, -0.25) is 4.90 Å². The van der Waals surface area contributed by atoms with Crippen molar-refractivity contribution in [2.24, 2.45) is 0 Å². The maximum atomic E-state index is 12.7. The minimum Gasteiger partial charge on any atom is -0.445 e. The first-order valence-electron chi connectivity index (χ1n) is 9.16. The van der Waals surface area contributed by atoms with Crippen molar-refractivity contribution < 1.29 is 14.3 Å². The molecular formula is C22H22ClNO3. The molecule has 0 aliphatic carbocycles. The second kappa shape index (κ2) is 7.75. The highest BCUT2D eigenvalue weighted by Gasteiger charge is 2.39. The third-order valence-corrected chi connectivity index (χ3v) is 5.64. The van der Waals surface area contributed by atoms with E-state index >= 15 is 0 Å². The number of rotatable bonds is 3. The second-order valence-corrected chi connectivity index (χ2v) is 7.42. The SMILES string of the molecule is Cc1c(Cl)cccc1C1=CC2COCC(C1)N2C(=O)OCc1ccccc1. The fourth-order valence-corrected chi connectivity index (χ4v) is 4.00. The second-order valence-electron chi connectivity index (χ2n) is 7.01. The molecule has 0 spiro atoms. The summed E-state index contributed by atoms with van der Waals surface area (Å²) in [6, 6.07) is 15.6. The largest absolute Gasteiger partial charge is 0.445 e. The summed E-state index contributed by atoms with van der Waals surface area (Å²) in [4.78, 5) is 14.6. The molecule has 2 unspecified atom stereocenters. The fraction of sp³-hybridized carbons (Fsp3) is 0.318. The highest BCUT2D eigenvalue weighted by molar-refractivity contribution is 6.31. The van der Waals surface area contributed by atoms with E-state index < -0.39 is 0 Å². The highest BCUT2D eigenvalue weighted by Crippen LogP contribution is 2.35. The van der Waals surface area contributed by atoms with Gasteiger partial charge in [-0.25, -0.2) is 4.79 Å². The van der Waals surface area contributed by atoms with E-state index in [0.29, 0.717) is 13.2 Å². The number of carbonyl (C=O) groups is 1. The summed E-state index contributed by atoms with van der Waals surface area (Å²) in [6.45, 7) is 3.32. The Morgan fingerprint density at radius 2 is 2.00 bits per heavy atom. The van der Waals surface area contributed by atoms with Crippen LogP contribution in [0.4, 0.5) is 4.79 Å². The lowest BCUT2D eigenvalue weighted by Crippen LogP contribution is -2.56. The number of carbonyl (C=O) groups excluding carboxylic acids is 1. The Bertz CT molecular complexity index is 865. The van der Waals surface area contributed by atoms with E-state index in [1.807, 2.05) is 54.3 Å². The maximum absolute atomic E-state index is 12.7. The molecule has 0 radical (unpaired) electrons. The minimum atomic E-state index is -0.282. The van der Waals surface area contributed by atoms with Crippen LogP contribution in [0.25, 0.3) is 5.57 Å². The molecule has 2 aromatic carbocycles. The van der Waals surface area contributed by atoms with Gasteiger partial charge in [0.05, 0.1) is 25.3 Å². The van der Waals surface area contributed by atoms with Gasteiger partial charge in [0.1, 0.15) is 6.61 Å². The molecule has 140 valence electrons. The lowest BCUT2D eigenvalue weighted by Gasteiger charge is -2.44. The minimum absolute atomic E-state index is 0.0228. The van der Waals surface area contributed by atoms with Crippen LogP contribution in [0.2, 0.25) is 5.02 Å². The number of nitrogens with zero attached hydrogens (tertiary/aromatic N) is 1. The molecule has 2 atom stereocenters. The average molecular weight is 384 g/mol. The third-order valence-electron chi connectivity index (χ3n) is 5.23. The Labute approximate surface area is 164 Å². The van der Waals surface area contributed by atoms with Crippen LogP contribution in [0.5, 0.6) is 0 Å². The summed E-state index contributed by atoms with van der Waals surface area (Å²) in [5.41, 5.74) is 4.43. The van der Waals surface area contributed by atoms with Crippen LogP contribution in [0.15, 0.2) is 54.6 Å². The zero-order chi connectivity index (χ0) is 18.8. The lowest BCUT2D eigenvalue weighted by molar-refractivity contribution is -0.0342. The van der Waals surface area contributed by atoms with Crippen LogP contribution in [0.1, 0.15) is 23.1 Å². The molecule has 2 bridgehead atoms. The number of ether oxygens (including phenoxy) is 2. The van der Waals surface area contributed by atoms with Gasteiger partial charge in [-0.05, 0) is 41.7 Å². The van der Waals surface area contributed by atoms with Gasteiger partial charge in [0, 0.05) is 5.02 Å². The first kappa shape index (κ1) is 18.1. The number of halogens is 1. The normalized spacial score (nSPS) is 21.6. The molecule has 2 heterocycles. The summed E-state index contributed by atoms with van der Waals surface area (Å²) in [5, 5.41) is 0.763. The Morgan fingerprint density at radius 3 is 2.78 bits per heavy atom. The Balaban J connectivity index is 1.53. The van der Waals surface area contributed by atoms with E-state index in [9.17, 15) is 4.79 Å². The highest BCUT2D eigenvalue weighted by atomic mass is 35.5. The smallest absolute Gasteiger partial charge is 0.411 e. The molecule has 1 amide bonds. The number of fused-ring (bicyclic) bond motifs is 2. The average Bonchev–Trinajstić information content (AvgIpc) is 2.68. The molecule has 1 fully saturated rings. The van der Waals surface area contributed by atoms with Crippen LogP contribution in [0.3, 0.4) is 0 Å². The van der Waals surface area contributed by atoms with Gasteiger partial charge in [-0.15, -0.1) is 0 Å². The van der Waals surface area contributed by atoms with Gasteiger partial charge in [0.25, 0.3) is 0 Å². The van der Waals surface area contributed by atoms with Crippen molar-refractivity contribution in [3.8, 4) is 0 Å². The Kier molecular flexibility index (Phi) is 5.19. The van der Waals surface area contributed by atoms with Gasteiger partial charge >= 0.3 is 6.09 Å². The van der Waals surface area contributed by atoms with E-state index in [0.717, 1.165) is 28.1 Å². The van der Waals surface area contributed by atoms with Gasteiger partial charge in [0.2, 0.25) is 0 Å². The van der Waals surface area contributed by atoms with Gasteiger partial charge < -0.3 is 9.47 Å². The van der Waals surface area contributed by atoms with Crippen molar-refractivity contribution in [1.29, 1.82) is 0 Å². The standard InChI is InChI=1S/C22H22ClNO3/c1-15-20(8-5-9-21(15)23)17-10-18-13-26-14-19(11-17)24(18)22(25)27-12-16-6-3-2-4-7-16/h2-10,18-19H,11-14H2,1H3. The van der Waals surface area contributed by atoms with Crippen molar-refractivity contribution in [2.75, 3.05) is 13.2 Å². The molecule has 0 aromatic heterocycles. The van der Waals surface area contributed by atoms with Crippen molar-refractivity contribution >= 4 is 23.3 Å². The van der Waals surface area contributed by atoms with Crippen LogP contribution in [-0.4, -0.2) is 36.3 Å². The zero-order valence-electron chi connectivity index (χ0n) is 15.2. The molecule has 5 heteroatoms. The van der Waals surface area contributed by atoms with Crippen LogP contribution < -0.4 is 0 Å². The molecule has 4 nitrogen and oxygen atoms in total. The monoisotopic (exact) mass is 383 g/mol. The quantitative estimate of drug-likeness (QED) is 0.761. The van der Waals surface area contributed by atoms with Crippen molar-refractivity contribution in [1.82, 2.24) is 4.90 Å². The summed E-state index contributed by atoms with van der Waals surface area (Å²) in [5.74, 6) is 0. The number of hydrogen-bond acceptors (Lipinski definition) is 3. The van der Waals surface area contributed by atoms with Crippen molar-refractivity contribution in [2.45, 2.75) is 32.0 Å². The molecule has 1 saturated heterocycles. The Hall–Kier alpha value is -2.30. The molecule has 2 aliphatic heterocycles. The molecule has 0 saturated carbocycles. The number of hydrogen-bond donors (Lipinski definition) is 0. The summed E-state index contributed by atoms with van der Waals surface area (Å²) < 4.78 is 11.3. The van der Waals surface area contributed by atoms with Crippen LogP contribution >= 0.6 is 11.6 Å². The van der Waals surface area contributed by atoms with E-state index in [1.165, 1.54) is 5.57 Å². The number of benzene rings is 2. The van der Waals surface area contributed by atoms with Crippen molar-refractivity contribution in [3.05, 3.63) is 76.3 Å². The lowest BCUT2D eigenvalue weighted by atomic mass is 9.88. The number of morpholine rings is 1. The van der Waals surface area contributed by atoms with E-state index in [1.54, 1.807) is 0 Å². The van der Waals surface area contributed by atoms with Gasteiger partial charge in [0.15, 0.2) is 0 Å². The van der Waals surface area contributed by atoms with E-state index in [-0.39, 0.29) is 24.8 Å². The van der Waals surface area contributed by atoms with Crippen LogP contribution in [-0.2, 0) is 16.1 Å². The first-order valence-corrected chi connectivity index (χ1v) is 9.54. The van der Waals surface area contributed by atoms with Crippen molar-refractivity contribution in [3.63, 3.8) is 0 Å². The molecule has 2 aromatic rings. The summed E-state index contributed by atoms with van der Waals surface area (Å²) >= 11 is 6.30. The molecule has 27 heavy (non-hydrogen) atoms. The molecule has 2 aliphatic rings. The summed E-state index contributed by atoms with van der Waals surface area (Å²) in [7, 11) is 0. The van der Waals surface area contributed by atoms with Gasteiger partial charge in [-0.1, -0.05) is 60.1 Å². The zero-order valence-corrected chi connectivity index (χ0v) is 16.0. The number of amides is 1. The third kappa shape index (κ3) is 3.73. The van der Waals surface area contributed by atoms with Crippen LogP contribution in [0, 0.1) is 6.92 Å². The predicted octanol–water partition coefficient (Wildman–Crippen LogP) is 4.84. The van der Waals surface area contributed by atoms with E-state index in [4.69, 9.17) is 21.1 Å².